The quantitative estimate of drug-likeness (QED) is 0.602. The van der Waals surface area contributed by atoms with Gasteiger partial charge in [-0.05, 0) is 69.5 Å². The van der Waals surface area contributed by atoms with Crippen LogP contribution >= 0.6 is 0 Å². The van der Waals surface area contributed by atoms with Crippen LogP contribution in [0.15, 0.2) is 48.5 Å². The molecule has 0 unspecified atom stereocenters. The fourth-order valence-corrected chi connectivity index (χ4v) is 5.22. The van der Waals surface area contributed by atoms with Gasteiger partial charge in [0.05, 0.1) is 17.8 Å². The van der Waals surface area contributed by atoms with Crippen molar-refractivity contribution in [2.75, 3.05) is 39.9 Å². The van der Waals surface area contributed by atoms with E-state index < -0.39 is 0 Å². The second kappa shape index (κ2) is 12.4. The number of benzene rings is 2. The van der Waals surface area contributed by atoms with Crippen molar-refractivity contribution in [3.05, 3.63) is 59.7 Å². The predicted octanol–water partition coefficient (Wildman–Crippen LogP) is 5.02. The molecule has 190 valence electrons. The summed E-state index contributed by atoms with van der Waals surface area (Å²) in [6.07, 6.45) is 4.60. The summed E-state index contributed by atoms with van der Waals surface area (Å²) in [5, 5.41) is 0. The van der Waals surface area contributed by atoms with Gasteiger partial charge < -0.3 is 19.1 Å². The number of rotatable bonds is 5. The highest BCUT2D eigenvalue weighted by Gasteiger charge is 2.32. The molecule has 35 heavy (non-hydrogen) atoms. The maximum Gasteiger partial charge on any atom is 0.257 e. The summed E-state index contributed by atoms with van der Waals surface area (Å²) in [6, 6.07) is 16.1. The van der Waals surface area contributed by atoms with Gasteiger partial charge in [-0.3, -0.25) is 9.69 Å². The summed E-state index contributed by atoms with van der Waals surface area (Å²) < 4.78 is 17.8. The molecule has 6 nitrogen and oxygen atoms in total. The average molecular weight is 481 g/mol. The molecule has 0 N–H and O–H groups in total. The minimum absolute atomic E-state index is 0.0674. The number of hydrogen-bond donors (Lipinski definition) is 0. The van der Waals surface area contributed by atoms with Crippen LogP contribution in [0.4, 0.5) is 0 Å². The number of methoxy groups -OCH3 is 1. The number of fused-ring (bicyclic) bond motifs is 3. The molecule has 0 aliphatic carbocycles. The molecule has 0 spiro atoms. The van der Waals surface area contributed by atoms with Gasteiger partial charge in [-0.25, -0.2) is 0 Å². The van der Waals surface area contributed by atoms with Crippen LogP contribution in [0, 0.1) is 5.92 Å². The second-order valence-corrected chi connectivity index (χ2v) is 10.0. The summed E-state index contributed by atoms with van der Waals surface area (Å²) in [5.41, 5.74) is 1.92. The number of carbonyl (C=O) groups is 1. The van der Waals surface area contributed by atoms with E-state index in [-0.39, 0.29) is 18.1 Å². The van der Waals surface area contributed by atoms with Gasteiger partial charge in [0, 0.05) is 39.2 Å². The van der Waals surface area contributed by atoms with E-state index in [0.717, 1.165) is 64.2 Å². The van der Waals surface area contributed by atoms with Crippen LogP contribution in [0.3, 0.4) is 0 Å². The van der Waals surface area contributed by atoms with Gasteiger partial charge in [0.15, 0.2) is 0 Å². The lowest BCUT2D eigenvalue weighted by Crippen LogP contribution is -2.46. The highest BCUT2D eigenvalue weighted by atomic mass is 16.5. The van der Waals surface area contributed by atoms with E-state index >= 15 is 0 Å². The number of amides is 1. The molecule has 0 saturated carbocycles. The molecule has 2 bridgehead atoms. The highest BCUT2D eigenvalue weighted by molar-refractivity contribution is 5.97. The number of para-hydroxylation sites is 1. The predicted molar refractivity (Wildman–Crippen MR) is 138 cm³/mol. The Morgan fingerprint density at radius 1 is 1.00 bits per heavy atom. The first-order valence-electron chi connectivity index (χ1n) is 13.1. The van der Waals surface area contributed by atoms with Crippen molar-refractivity contribution in [2.45, 2.75) is 58.3 Å². The molecular formula is C29H40N2O4. The van der Waals surface area contributed by atoms with Crippen molar-refractivity contribution >= 4 is 5.91 Å². The average Bonchev–Trinajstić information content (AvgIpc) is 2.86. The van der Waals surface area contributed by atoms with E-state index in [9.17, 15) is 4.79 Å². The first-order valence-corrected chi connectivity index (χ1v) is 13.1. The number of nitrogens with zero attached hydrogens (tertiary/aromatic N) is 2. The molecule has 2 aliphatic heterocycles. The second-order valence-electron chi connectivity index (χ2n) is 10.0. The highest BCUT2D eigenvalue weighted by Crippen LogP contribution is 2.28. The van der Waals surface area contributed by atoms with Gasteiger partial charge in [0.2, 0.25) is 0 Å². The zero-order chi connectivity index (χ0) is 24.6. The van der Waals surface area contributed by atoms with Crippen molar-refractivity contribution in [1.82, 2.24) is 9.80 Å². The zero-order valence-electron chi connectivity index (χ0n) is 21.4. The molecule has 1 amide bonds. The van der Waals surface area contributed by atoms with Gasteiger partial charge in [0.25, 0.3) is 5.91 Å². The molecule has 2 heterocycles. The standard InChI is InChI=1S/C29H40N2O4/c1-22(2)35-25-13-11-23(12-14-25)20-30-16-7-6-8-24-21-31(17-15-27(24)33-3)29(32)26-9-4-5-10-28(26)34-19-18-30/h4-5,9-14,22,24,27H,6-8,15-21H2,1-3H3/t24-,27+/m0/s1. The Morgan fingerprint density at radius 2 is 1.80 bits per heavy atom. The van der Waals surface area contributed by atoms with Crippen molar-refractivity contribution in [3.8, 4) is 11.5 Å². The topological polar surface area (TPSA) is 51.2 Å². The molecule has 2 atom stereocenters. The summed E-state index contributed by atoms with van der Waals surface area (Å²) in [4.78, 5) is 17.8. The van der Waals surface area contributed by atoms with Crippen LogP contribution in [0.2, 0.25) is 0 Å². The minimum Gasteiger partial charge on any atom is -0.491 e. The Bertz CT molecular complexity index is 946. The van der Waals surface area contributed by atoms with E-state index in [1.807, 2.05) is 43.0 Å². The van der Waals surface area contributed by atoms with Gasteiger partial charge in [-0.1, -0.05) is 30.7 Å². The van der Waals surface area contributed by atoms with E-state index in [0.29, 0.717) is 23.8 Å². The first kappa shape index (κ1) is 25.5. The van der Waals surface area contributed by atoms with E-state index in [2.05, 4.69) is 29.2 Å². The molecule has 6 heteroatoms. The Labute approximate surface area is 210 Å². The molecule has 0 radical (unpaired) electrons. The van der Waals surface area contributed by atoms with E-state index in [1.165, 1.54) is 5.56 Å². The SMILES string of the molecule is CO[C@@H]1CCN2C[C@@H]1CCCCN(Cc1ccc(OC(C)C)cc1)CCOc1ccccc1C2=O. The van der Waals surface area contributed by atoms with Gasteiger partial charge in [-0.15, -0.1) is 0 Å². The van der Waals surface area contributed by atoms with Crippen molar-refractivity contribution in [3.63, 3.8) is 0 Å². The van der Waals surface area contributed by atoms with Gasteiger partial charge in [0.1, 0.15) is 18.1 Å². The zero-order valence-corrected chi connectivity index (χ0v) is 21.4. The maximum absolute atomic E-state index is 13.4. The van der Waals surface area contributed by atoms with Crippen LogP contribution < -0.4 is 9.47 Å². The van der Waals surface area contributed by atoms with E-state index in [4.69, 9.17) is 14.2 Å². The fraction of sp³-hybridized carbons (Fsp3) is 0.552. The summed E-state index contributed by atoms with van der Waals surface area (Å²) in [5.74, 6) is 2.02. The molecule has 2 aliphatic rings. The molecule has 2 aromatic carbocycles. The minimum atomic E-state index is 0.0674. The third kappa shape index (κ3) is 6.98. The lowest BCUT2D eigenvalue weighted by atomic mass is 9.89. The van der Waals surface area contributed by atoms with E-state index in [1.54, 1.807) is 7.11 Å². The summed E-state index contributed by atoms with van der Waals surface area (Å²) in [7, 11) is 1.80. The molecule has 0 aromatic heterocycles. The third-order valence-corrected chi connectivity index (χ3v) is 7.04. The van der Waals surface area contributed by atoms with Crippen LogP contribution in [-0.2, 0) is 11.3 Å². The Hall–Kier alpha value is -2.57. The summed E-state index contributed by atoms with van der Waals surface area (Å²) in [6.45, 7) is 8.80. The van der Waals surface area contributed by atoms with Crippen LogP contribution in [-0.4, -0.2) is 67.8 Å². The smallest absolute Gasteiger partial charge is 0.257 e. The third-order valence-electron chi connectivity index (χ3n) is 7.04. The number of carbonyl (C=O) groups excluding carboxylic acids is 1. The van der Waals surface area contributed by atoms with Crippen LogP contribution in [0.1, 0.15) is 55.5 Å². The normalized spacial score (nSPS) is 22.3. The van der Waals surface area contributed by atoms with Gasteiger partial charge >= 0.3 is 0 Å². The maximum atomic E-state index is 13.4. The van der Waals surface area contributed by atoms with Crippen LogP contribution in [0.5, 0.6) is 11.5 Å². The number of hydrogen-bond acceptors (Lipinski definition) is 5. The van der Waals surface area contributed by atoms with Gasteiger partial charge in [-0.2, -0.15) is 0 Å². The molecule has 1 fully saturated rings. The molecule has 1 saturated heterocycles. The molecule has 2 aromatic rings. The Balaban J connectivity index is 1.48. The molecular weight excluding hydrogens is 440 g/mol. The number of piperidine rings is 1. The largest absolute Gasteiger partial charge is 0.491 e. The summed E-state index contributed by atoms with van der Waals surface area (Å²) >= 11 is 0. The van der Waals surface area contributed by atoms with Crippen LogP contribution in [0.25, 0.3) is 0 Å². The lowest BCUT2D eigenvalue weighted by Gasteiger charge is -2.38. The van der Waals surface area contributed by atoms with Crippen molar-refractivity contribution < 1.29 is 19.0 Å². The Morgan fingerprint density at radius 3 is 2.57 bits per heavy atom. The fourth-order valence-electron chi connectivity index (χ4n) is 5.22. The number of ether oxygens (including phenoxy) is 3. The first-order chi connectivity index (χ1) is 17.0. The monoisotopic (exact) mass is 480 g/mol. The molecule has 4 rings (SSSR count). The van der Waals surface area contributed by atoms with Crippen molar-refractivity contribution in [1.29, 1.82) is 0 Å². The van der Waals surface area contributed by atoms with Crippen molar-refractivity contribution in [2.24, 2.45) is 5.92 Å². The lowest BCUT2D eigenvalue weighted by molar-refractivity contribution is -0.00702. The Kier molecular flexibility index (Phi) is 9.05.